The maximum absolute atomic E-state index is 12.4. The van der Waals surface area contributed by atoms with Gasteiger partial charge in [0.05, 0.1) is 11.1 Å². The van der Waals surface area contributed by atoms with E-state index in [1.165, 1.54) is 0 Å². The first-order chi connectivity index (χ1) is 13.9. The quantitative estimate of drug-likeness (QED) is 0.637. The third-order valence-corrected chi connectivity index (χ3v) is 6.42. The van der Waals surface area contributed by atoms with Crippen molar-refractivity contribution in [3.63, 3.8) is 0 Å². The van der Waals surface area contributed by atoms with E-state index in [1.807, 2.05) is 24.3 Å². The van der Waals surface area contributed by atoms with Crippen molar-refractivity contribution in [2.45, 2.75) is 44.6 Å². The second kappa shape index (κ2) is 6.40. The zero-order valence-electron chi connectivity index (χ0n) is 16.1. The summed E-state index contributed by atoms with van der Waals surface area (Å²) >= 11 is 0. The molecule has 2 aromatic heterocycles. The van der Waals surface area contributed by atoms with Crippen LogP contribution in [0, 0.1) is 12.3 Å². The lowest BCUT2D eigenvalue weighted by molar-refractivity contribution is -0.0196. The van der Waals surface area contributed by atoms with E-state index >= 15 is 0 Å². The minimum Gasteiger partial charge on any atom is -0.493 e. The molecule has 0 bridgehead atoms. The summed E-state index contributed by atoms with van der Waals surface area (Å²) < 4.78 is 0. The van der Waals surface area contributed by atoms with Crippen molar-refractivity contribution in [3.8, 4) is 5.88 Å². The first-order valence-electron chi connectivity index (χ1n) is 9.89. The van der Waals surface area contributed by atoms with E-state index in [-0.39, 0.29) is 34.4 Å². The maximum atomic E-state index is 12.4. The van der Waals surface area contributed by atoms with Gasteiger partial charge in [-0.25, -0.2) is 10.1 Å². The fraction of sp³-hybridized carbons (Fsp3) is 0.364. The molecule has 148 valence electrons. The zero-order valence-corrected chi connectivity index (χ0v) is 16.1. The fourth-order valence-corrected chi connectivity index (χ4v) is 5.03. The number of carbonyl (C=O) groups excluding carboxylic acids is 1. The molecule has 2 fully saturated rings. The Balaban J connectivity index is 1.23. The highest BCUT2D eigenvalue weighted by Gasteiger charge is 2.54. The lowest BCUT2D eigenvalue weighted by Crippen LogP contribution is -2.55. The highest BCUT2D eigenvalue weighted by atomic mass is 16.3. The Morgan fingerprint density at radius 3 is 2.59 bits per heavy atom. The first kappa shape index (κ1) is 17.8. The number of hydrogen-bond donors (Lipinski definition) is 3. The van der Waals surface area contributed by atoms with Gasteiger partial charge in [-0.2, -0.15) is 5.10 Å². The van der Waals surface area contributed by atoms with Gasteiger partial charge in [-0.15, -0.1) is 0 Å². The Morgan fingerprint density at radius 2 is 1.86 bits per heavy atom. The molecule has 2 aliphatic carbocycles. The fourth-order valence-electron chi connectivity index (χ4n) is 5.03. The molecule has 0 aliphatic heterocycles. The highest BCUT2D eigenvalue weighted by Crippen LogP contribution is 2.62. The number of aromatic amines is 1. The largest absolute Gasteiger partial charge is 0.493 e. The molecule has 0 unspecified atom stereocenters. The first-order valence-corrected chi connectivity index (χ1v) is 9.89. The smallest absolute Gasteiger partial charge is 0.272 e. The lowest BCUT2D eigenvalue weighted by Gasteiger charge is -2.57. The number of aromatic nitrogens is 3. The van der Waals surface area contributed by atoms with E-state index in [4.69, 9.17) is 0 Å². The van der Waals surface area contributed by atoms with Crippen molar-refractivity contribution < 1.29 is 9.90 Å². The zero-order chi connectivity index (χ0) is 20.2. The van der Waals surface area contributed by atoms with Crippen molar-refractivity contribution >= 4 is 16.7 Å². The molecule has 2 heterocycles. The van der Waals surface area contributed by atoms with Gasteiger partial charge in [0.2, 0.25) is 5.88 Å². The Kier molecular flexibility index (Phi) is 3.94. The molecule has 3 N–H and O–H groups in total. The molecule has 7 heteroatoms. The van der Waals surface area contributed by atoms with Crippen LogP contribution in [0.4, 0.5) is 0 Å². The normalized spacial score (nSPS) is 25.4. The molecule has 0 radical (unpaired) electrons. The van der Waals surface area contributed by atoms with E-state index in [0.717, 1.165) is 36.8 Å². The predicted molar refractivity (Wildman–Crippen MR) is 108 cm³/mol. The Morgan fingerprint density at radius 1 is 1.14 bits per heavy atom. The average Bonchev–Trinajstić information content (AvgIpc) is 2.63. The highest BCUT2D eigenvalue weighted by molar-refractivity contribution is 5.96. The number of aromatic hydroxyl groups is 1. The van der Waals surface area contributed by atoms with E-state index < -0.39 is 0 Å². The number of amides is 1. The third kappa shape index (κ3) is 2.97. The van der Waals surface area contributed by atoms with Gasteiger partial charge in [-0.3, -0.25) is 9.59 Å². The molecular weight excluding hydrogens is 368 g/mol. The van der Waals surface area contributed by atoms with Crippen LogP contribution in [-0.2, 0) is 0 Å². The van der Waals surface area contributed by atoms with Gasteiger partial charge in [-0.05, 0) is 56.2 Å². The lowest BCUT2D eigenvalue weighted by atomic mass is 9.49. The summed E-state index contributed by atoms with van der Waals surface area (Å²) in [5.74, 6) is -0.172. The number of nitrogens with one attached hydrogen (secondary N) is 2. The third-order valence-electron chi connectivity index (χ3n) is 6.42. The van der Waals surface area contributed by atoms with Gasteiger partial charge in [-0.1, -0.05) is 18.2 Å². The summed E-state index contributed by atoms with van der Waals surface area (Å²) in [6, 6.07) is 11.0. The molecule has 29 heavy (non-hydrogen) atoms. The van der Waals surface area contributed by atoms with Crippen molar-refractivity contribution in [3.05, 3.63) is 63.7 Å². The summed E-state index contributed by atoms with van der Waals surface area (Å²) in [4.78, 5) is 28.3. The average molecular weight is 390 g/mol. The SMILES string of the molecule is Cc1ccc(C(=O)N[C@H]2CC3(C2)C[C@H](c2n[nH]c(=O)c4ccccc42)C3)c(O)n1. The van der Waals surface area contributed by atoms with Crippen LogP contribution in [0.25, 0.3) is 10.8 Å². The molecule has 0 saturated heterocycles. The number of pyridine rings is 1. The molecule has 7 nitrogen and oxygen atoms in total. The van der Waals surface area contributed by atoms with Crippen molar-refractivity contribution in [1.82, 2.24) is 20.5 Å². The summed E-state index contributed by atoms with van der Waals surface area (Å²) in [5, 5.41) is 21.5. The van der Waals surface area contributed by atoms with E-state index in [1.54, 1.807) is 19.1 Å². The molecule has 2 saturated carbocycles. The van der Waals surface area contributed by atoms with Gasteiger partial charge in [0.1, 0.15) is 5.56 Å². The number of hydrogen-bond acceptors (Lipinski definition) is 5. The molecule has 5 rings (SSSR count). The van der Waals surface area contributed by atoms with Crippen molar-refractivity contribution in [2.75, 3.05) is 0 Å². The van der Waals surface area contributed by atoms with Gasteiger partial charge in [0.15, 0.2) is 0 Å². The summed E-state index contributed by atoms with van der Waals surface area (Å²) in [7, 11) is 0. The van der Waals surface area contributed by atoms with Crippen molar-refractivity contribution in [2.24, 2.45) is 5.41 Å². The van der Waals surface area contributed by atoms with Crippen LogP contribution >= 0.6 is 0 Å². The van der Waals surface area contributed by atoms with E-state index in [9.17, 15) is 14.7 Å². The number of fused-ring (bicyclic) bond motifs is 1. The number of benzene rings is 1. The van der Waals surface area contributed by atoms with Gasteiger partial charge in [0.25, 0.3) is 11.5 Å². The molecule has 1 aromatic carbocycles. The number of nitrogens with zero attached hydrogens (tertiary/aromatic N) is 2. The maximum Gasteiger partial charge on any atom is 0.272 e. The van der Waals surface area contributed by atoms with E-state index in [2.05, 4.69) is 20.5 Å². The number of aryl methyl sites for hydroxylation is 1. The number of carbonyl (C=O) groups is 1. The minimum absolute atomic E-state index is 0.115. The number of rotatable bonds is 3. The van der Waals surface area contributed by atoms with Crippen LogP contribution in [0.1, 0.15) is 53.3 Å². The van der Waals surface area contributed by atoms with Gasteiger partial charge >= 0.3 is 0 Å². The Labute approximate surface area is 167 Å². The molecule has 0 atom stereocenters. The van der Waals surface area contributed by atoms with Gasteiger partial charge < -0.3 is 10.4 Å². The number of H-pyrrole nitrogens is 1. The molecule has 1 amide bonds. The molecule has 2 aliphatic rings. The molecular formula is C22H22N4O3. The van der Waals surface area contributed by atoms with E-state index in [0.29, 0.717) is 17.0 Å². The minimum atomic E-state index is -0.279. The van der Waals surface area contributed by atoms with Crippen LogP contribution in [-0.4, -0.2) is 32.2 Å². The summed E-state index contributed by atoms with van der Waals surface area (Å²) in [6.45, 7) is 1.77. The second-order valence-electron chi connectivity index (χ2n) is 8.49. The summed E-state index contributed by atoms with van der Waals surface area (Å²) in [6.07, 6.45) is 3.88. The Bertz CT molecular complexity index is 1170. The standard InChI is InChI=1S/C22H22N4O3/c1-12-6-7-17(19(27)23-12)20(28)24-14-10-22(11-14)8-13(9-22)18-15-4-2-3-5-16(15)21(29)26-25-18/h2-7,13-14H,8-11H2,1H3,(H,23,27)(H,24,28)(H,26,29)/t13-,14-,22?. The predicted octanol–water partition coefficient (Wildman–Crippen LogP) is 2.79. The Hall–Kier alpha value is -3.22. The molecule has 1 spiro atoms. The van der Waals surface area contributed by atoms with Crippen LogP contribution in [0.2, 0.25) is 0 Å². The van der Waals surface area contributed by atoms with Crippen LogP contribution in [0.15, 0.2) is 41.2 Å². The van der Waals surface area contributed by atoms with Crippen LogP contribution in [0.3, 0.4) is 0 Å². The second-order valence-corrected chi connectivity index (χ2v) is 8.49. The van der Waals surface area contributed by atoms with Crippen molar-refractivity contribution in [1.29, 1.82) is 0 Å². The summed E-state index contributed by atoms with van der Waals surface area (Å²) in [5.41, 5.74) is 1.94. The van der Waals surface area contributed by atoms with Crippen LogP contribution < -0.4 is 10.9 Å². The topological polar surface area (TPSA) is 108 Å². The van der Waals surface area contributed by atoms with Crippen LogP contribution in [0.5, 0.6) is 5.88 Å². The molecule has 3 aromatic rings. The van der Waals surface area contributed by atoms with Gasteiger partial charge in [0, 0.05) is 23.0 Å². The monoisotopic (exact) mass is 390 g/mol.